The first kappa shape index (κ1) is 12.6. The molecule has 2 aromatic rings. The van der Waals surface area contributed by atoms with Crippen LogP contribution in [-0.4, -0.2) is 18.8 Å². The minimum absolute atomic E-state index is 0.388. The Kier molecular flexibility index (Phi) is 3.81. The van der Waals surface area contributed by atoms with E-state index in [0.29, 0.717) is 12.1 Å². The van der Waals surface area contributed by atoms with Gasteiger partial charge in [-0.15, -0.1) is 0 Å². The Bertz CT molecular complexity index is 546. The molecule has 1 aliphatic heterocycles. The molecule has 1 fully saturated rings. The molecule has 3 rings (SSSR count). The van der Waals surface area contributed by atoms with Crippen LogP contribution in [0.5, 0.6) is 0 Å². The molecule has 0 radical (unpaired) electrons. The number of hydrogen-bond acceptors (Lipinski definition) is 2. The second-order valence-corrected chi connectivity index (χ2v) is 5.42. The summed E-state index contributed by atoms with van der Waals surface area (Å²) in [5.41, 5.74) is 1.39. The molecule has 0 bridgehead atoms. The molecule has 2 heteroatoms. The van der Waals surface area contributed by atoms with E-state index in [9.17, 15) is 0 Å². The molecule has 0 saturated carbocycles. The second kappa shape index (κ2) is 5.72. The van der Waals surface area contributed by atoms with Gasteiger partial charge < -0.3 is 10.1 Å². The summed E-state index contributed by atoms with van der Waals surface area (Å²) in [5.74, 6) is 0. The molecule has 100 valence electrons. The zero-order chi connectivity index (χ0) is 13.1. The lowest BCUT2D eigenvalue weighted by Gasteiger charge is -2.28. The van der Waals surface area contributed by atoms with E-state index < -0.39 is 0 Å². The van der Waals surface area contributed by atoms with E-state index in [1.165, 1.54) is 16.3 Å². The van der Waals surface area contributed by atoms with Crippen molar-refractivity contribution in [3.8, 4) is 0 Å². The fourth-order valence-electron chi connectivity index (χ4n) is 2.88. The Morgan fingerprint density at radius 2 is 2.00 bits per heavy atom. The summed E-state index contributed by atoms with van der Waals surface area (Å²) in [5, 5.41) is 6.36. The highest BCUT2D eigenvalue weighted by atomic mass is 16.5. The summed E-state index contributed by atoms with van der Waals surface area (Å²) in [4.78, 5) is 0. The molecule has 0 aliphatic carbocycles. The Balaban J connectivity index is 1.71. The maximum atomic E-state index is 5.59. The number of nitrogens with one attached hydrogen (secondary N) is 1. The van der Waals surface area contributed by atoms with Crippen LogP contribution in [0.4, 0.5) is 0 Å². The molecule has 0 amide bonds. The number of ether oxygens (including phenoxy) is 1. The molecular weight excluding hydrogens is 234 g/mol. The average molecular weight is 255 g/mol. The minimum atomic E-state index is 0.388. The van der Waals surface area contributed by atoms with Crippen LogP contribution in [0.2, 0.25) is 0 Å². The number of hydrogen-bond donors (Lipinski definition) is 1. The summed E-state index contributed by atoms with van der Waals surface area (Å²) in [6.45, 7) is 3.98. The van der Waals surface area contributed by atoms with Crippen molar-refractivity contribution in [3.63, 3.8) is 0 Å². The second-order valence-electron chi connectivity index (χ2n) is 5.42. The van der Waals surface area contributed by atoms with E-state index in [1.807, 2.05) is 0 Å². The van der Waals surface area contributed by atoms with E-state index in [-0.39, 0.29) is 0 Å². The maximum absolute atomic E-state index is 5.59. The molecule has 1 N–H and O–H groups in total. The first-order valence-corrected chi connectivity index (χ1v) is 7.14. The van der Waals surface area contributed by atoms with Crippen molar-refractivity contribution in [2.45, 2.75) is 38.5 Å². The van der Waals surface area contributed by atoms with Crippen molar-refractivity contribution in [2.75, 3.05) is 6.61 Å². The van der Waals surface area contributed by atoms with Crippen molar-refractivity contribution in [1.82, 2.24) is 5.32 Å². The largest absolute Gasteiger partial charge is 0.378 e. The Labute approximate surface area is 114 Å². The van der Waals surface area contributed by atoms with E-state index in [1.54, 1.807) is 0 Å². The Morgan fingerprint density at radius 3 is 2.89 bits per heavy atom. The van der Waals surface area contributed by atoms with E-state index in [4.69, 9.17) is 4.74 Å². The highest BCUT2D eigenvalue weighted by Gasteiger charge is 2.18. The van der Waals surface area contributed by atoms with Crippen LogP contribution in [-0.2, 0) is 11.3 Å². The molecule has 1 saturated heterocycles. The van der Waals surface area contributed by atoms with Gasteiger partial charge in [0, 0.05) is 19.2 Å². The van der Waals surface area contributed by atoms with Gasteiger partial charge in [0.2, 0.25) is 0 Å². The summed E-state index contributed by atoms with van der Waals surface area (Å²) < 4.78 is 5.59. The Hall–Kier alpha value is -1.38. The average Bonchev–Trinajstić information content (AvgIpc) is 2.45. The summed E-state index contributed by atoms with van der Waals surface area (Å²) in [7, 11) is 0. The highest BCUT2D eigenvalue weighted by Crippen LogP contribution is 2.19. The summed E-state index contributed by atoms with van der Waals surface area (Å²) >= 11 is 0. The molecular formula is C17H21NO. The zero-order valence-electron chi connectivity index (χ0n) is 11.4. The van der Waals surface area contributed by atoms with Gasteiger partial charge in [-0.1, -0.05) is 42.5 Å². The van der Waals surface area contributed by atoms with Crippen LogP contribution >= 0.6 is 0 Å². The van der Waals surface area contributed by atoms with Gasteiger partial charge in [-0.25, -0.2) is 0 Å². The standard InChI is InChI=1S/C17H21NO/c1-13-11-16(9-10-19-13)18-12-15-7-4-6-14-5-2-3-8-17(14)15/h2-8,13,16,18H,9-12H2,1H3. The molecule has 2 atom stereocenters. The third-order valence-corrected chi connectivity index (χ3v) is 3.95. The quantitative estimate of drug-likeness (QED) is 0.906. The van der Waals surface area contributed by atoms with Gasteiger partial charge in [0.1, 0.15) is 0 Å². The van der Waals surface area contributed by atoms with Crippen molar-refractivity contribution >= 4 is 10.8 Å². The normalized spacial score (nSPS) is 23.6. The minimum Gasteiger partial charge on any atom is -0.378 e. The van der Waals surface area contributed by atoms with Crippen LogP contribution < -0.4 is 5.32 Å². The van der Waals surface area contributed by atoms with Gasteiger partial charge >= 0.3 is 0 Å². The first-order valence-electron chi connectivity index (χ1n) is 7.14. The predicted octanol–water partition coefficient (Wildman–Crippen LogP) is 3.50. The third-order valence-electron chi connectivity index (χ3n) is 3.95. The van der Waals surface area contributed by atoms with E-state index >= 15 is 0 Å². The maximum Gasteiger partial charge on any atom is 0.0561 e. The summed E-state index contributed by atoms with van der Waals surface area (Å²) in [6, 6.07) is 15.7. The molecule has 1 aliphatic rings. The molecule has 0 spiro atoms. The van der Waals surface area contributed by atoms with Crippen molar-refractivity contribution in [2.24, 2.45) is 0 Å². The number of benzene rings is 2. The van der Waals surface area contributed by atoms with Crippen LogP contribution in [0.15, 0.2) is 42.5 Å². The SMILES string of the molecule is CC1CC(NCc2cccc3ccccc23)CCO1. The lowest BCUT2D eigenvalue weighted by atomic mass is 10.0. The van der Waals surface area contributed by atoms with Gasteiger partial charge in [0.15, 0.2) is 0 Å². The van der Waals surface area contributed by atoms with Crippen LogP contribution in [0, 0.1) is 0 Å². The first-order chi connectivity index (χ1) is 9.33. The molecule has 1 heterocycles. The Morgan fingerprint density at radius 1 is 1.16 bits per heavy atom. The molecule has 0 aromatic heterocycles. The van der Waals surface area contributed by atoms with Gasteiger partial charge in [0.05, 0.1) is 6.10 Å². The fourth-order valence-corrected chi connectivity index (χ4v) is 2.88. The molecule has 2 nitrogen and oxygen atoms in total. The zero-order valence-corrected chi connectivity index (χ0v) is 11.4. The monoisotopic (exact) mass is 255 g/mol. The van der Waals surface area contributed by atoms with Crippen LogP contribution in [0.1, 0.15) is 25.3 Å². The fraction of sp³-hybridized carbons (Fsp3) is 0.412. The van der Waals surface area contributed by atoms with Gasteiger partial charge in [-0.3, -0.25) is 0 Å². The smallest absolute Gasteiger partial charge is 0.0561 e. The van der Waals surface area contributed by atoms with Crippen LogP contribution in [0.3, 0.4) is 0 Å². The van der Waals surface area contributed by atoms with Gasteiger partial charge in [-0.2, -0.15) is 0 Å². The number of rotatable bonds is 3. The highest BCUT2D eigenvalue weighted by molar-refractivity contribution is 5.85. The molecule has 2 unspecified atom stereocenters. The van der Waals surface area contributed by atoms with E-state index in [0.717, 1.165) is 26.0 Å². The van der Waals surface area contributed by atoms with Crippen molar-refractivity contribution in [3.05, 3.63) is 48.0 Å². The molecule has 19 heavy (non-hydrogen) atoms. The van der Waals surface area contributed by atoms with Crippen molar-refractivity contribution in [1.29, 1.82) is 0 Å². The van der Waals surface area contributed by atoms with E-state index in [2.05, 4.69) is 54.7 Å². The van der Waals surface area contributed by atoms with Crippen molar-refractivity contribution < 1.29 is 4.74 Å². The predicted molar refractivity (Wildman–Crippen MR) is 79.2 cm³/mol. The van der Waals surface area contributed by atoms with Gasteiger partial charge in [-0.05, 0) is 36.1 Å². The third kappa shape index (κ3) is 2.96. The summed E-state index contributed by atoms with van der Waals surface area (Å²) in [6.07, 6.45) is 2.62. The topological polar surface area (TPSA) is 21.3 Å². The lowest BCUT2D eigenvalue weighted by molar-refractivity contribution is 0.0130. The lowest BCUT2D eigenvalue weighted by Crippen LogP contribution is -2.37. The van der Waals surface area contributed by atoms with Gasteiger partial charge in [0.25, 0.3) is 0 Å². The molecule has 2 aromatic carbocycles. The number of fused-ring (bicyclic) bond motifs is 1. The van der Waals surface area contributed by atoms with Crippen LogP contribution in [0.25, 0.3) is 10.8 Å².